The van der Waals surface area contributed by atoms with Gasteiger partial charge in [-0.15, -0.1) is 11.3 Å². The van der Waals surface area contributed by atoms with Crippen molar-refractivity contribution in [3.63, 3.8) is 0 Å². The van der Waals surface area contributed by atoms with Crippen LogP contribution in [0.1, 0.15) is 17.8 Å². The number of carboxylic acids is 1. The molecule has 28 heavy (non-hydrogen) atoms. The van der Waals surface area contributed by atoms with Gasteiger partial charge in [0.1, 0.15) is 22.4 Å². The standard InChI is InChI=1S/C19H16F2N2O4S/c1-27-13-4-2-3-12(9-13)23(17(24)5-6-18(25)26)10-16-22-15-8-11(20)7-14(21)19(15)28-16/h2-4,7-9H,5-6,10H2,1H3,(H,25,26). The second kappa shape index (κ2) is 8.30. The topological polar surface area (TPSA) is 79.7 Å². The number of hydrogen-bond acceptors (Lipinski definition) is 5. The van der Waals surface area contributed by atoms with E-state index in [-0.39, 0.29) is 29.6 Å². The summed E-state index contributed by atoms with van der Waals surface area (Å²) in [5.41, 5.74) is 0.654. The Morgan fingerprint density at radius 2 is 2.00 bits per heavy atom. The molecular formula is C19H16F2N2O4S. The van der Waals surface area contributed by atoms with Crippen molar-refractivity contribution >= 4 is 39.1 Å². The number of thiazole rings is 1. The molecule has 1 aromatic heterocycles. The van der Waals surface area contributed by atoms with E-state index in [0.29, 0.717) is 16.4 Å². The molecule has 0 fully saturated rings. The smallest absolute Gasteiger partial charge is 0.303 e. The van der Waals surface area contributed by atoms with Gasteiger partial charge in [0.15, 0.2) is 0 Å². The number of aromatic nitrogens is 1. The van der Waals surface area contributed by atoms with Gasteiger partial charge in [0, 0.05) is 30.3 Å². The monoisotopic (exact) mass is 406 g/mol. The van der Waals surface area contributed by atoms with Gasteiger partial charge in [-0.1, -0.05) is 6.07 Å². The number of amides is 1. The summed E-state index contributed by atoms with van der Waals surface area (Å²) in [6.45, 7) is -0.00791. The summed E-state index contributed by atoms with van der Waals surface area (Å²) in [6.07, 6.45) is -0.528. The van der Waals surface area contributed by atoms with Gasteiger partial charge in [-0.05, 0) is 12.1 Å². The predicted molar refractivity (Wildman–Crippen MR) is 101 cm³/mol. The van der Waals surface area contributed by atoms with Crippen LogP contribution in [0.25, 0.3) is 10.2 Å². The molecule has 0 aliphatic carbocycles. The number of nitrogens with zero attached hydrogens (tertiary/aromatic N) is 2. The Kier molecular flexibility index (Phi) is 5.84. The summed E-state index contributed by atoms with van der Waals surface area (Å²) in [7, 11) is 1.49. The van der Waals surface area contributed by atoms with Crippen molar-refractivity contribution in [2.24, 2.45) is 0 Å². The number of carbonyl (C=O) groups excluding carboxylic acids is 1. The van der Waals surface area contributed by atoms with E-state index in [4.69, 9.17) is 9.84 Å². The molecule has 1 amide bonds. The lowest BCUT2D eigenvalue weighted by Crippen LogP contribution is -2.30. The zero-order valence-electron chi connectivity index (χ0n) is 14.8. The van der Waals surface area contributed by atoms with E-state index in [2.05, 4.69) is 4.98 Å². The number of halogens is 2. The lowest BCUT2D eigenvalue weighted by molar-refractivity contribution is -0.138. The fraction of sp³-hybridized carbons (Fsp3) is 0.211. The molecule has 2 aromatic carbocycles. The molecule has 146 valence electrons. The molecule has 0 aliphatic heterocycles. The Labute approximate surface area is 163 Å². The molecule has 9 heteroatoms. The molecule has 0 spiro atoms. The van der Waals surface area contributed by atoms with Gasteiger partial charge in [0.05, 0.1) is 30.3 Å². The summed E-state index contributed by atoms with van der Waals surface area (Å²) in [5, 5.41) is 9.25. The van der Waals surface area contributed by atoms with Crippen LogP contribution in [0, 0.1) is 11.6 Å². The Morgan fingerprint density at radius 1 is 1.21 bits per heavy atom. The number of aliphatic carboxylic acids is 1. The molecular weight excluding hydrogens is 390 g/mol. The first-order valence-electron chi connectivity index (χ1n) is 8.28. The van der Waals surface area contributed by atoms with Gasteiger partial charge in [-0.3, -0.25) is 9.59 Å². The maximum Gasteiger partial charge on any atom is 0.303 e. The first kappa shape index (κ1) is 19.7. The molecule has 6 nitrogen and oxygen atoms in total. The number of fused-ring (bicyclic) bond motifs is 1. The van der Waals surface area contributed by atoms with Crippen LogP contribution in [0.2, 0.25) is 0 Å². The van der Waals surface area contributed by atoms with Crippen LogP contribution in [0.3, 0.4) is 0 Å². The number of ether oxygens (including phenoxy) is 1. The number of carbonyl (C=O) groups is 2. The van der Waals surface area contributed by atoms with Crippen molar-refractivity contribution in [1.29, 1.82) is 0 Å². The fourth-order valence-electron chi connectivity index (χ4n) is 2.66. The second-order valence-corrected chi connectivity index (χ2v) is 7.00. The summed E-state index contributed by atoms with van der Waals surface area (Å²) < 4.78 is 32.7. The van der Waals surface area contributed by atoms with E-state index in [9.17, 15) is 18.4 Å². The second-order valence-electron chi connectivity index (χ2n) is 5.92. The van der Waals surface area contributed by atoms with Gasteiger partial charge < -0.3 is 14.7 Å². The number of hydrogen-bond donors (Lipinski definition) is 1. The van der Waals surface area contributed by atoms with Crippen LogP contribution in [0.5, 0.6) is 5.75 Å². The SMILES string of the molecule is COc1cccc(N(Cc2nc3cc(F)cc(F)c3s2)C(=O)CCC(=O)O)c1. The molecule has 1 N–H and O–H groups in total. The van der Waals surface area contributed by atoms with Gasteiger partial charge in [0.2, 0.25) is 5.91 Å². The van der Waals surface area contributed by atoms with Crippen molar-refractivity contribution in [3.8, 4) is 5.75 Å². The Balaban J connectivity index is 1.95. The van der Waals surface area contributed by atoms with E-state index in [0.717, 1.165) is 23.5 Å². The van der Waals surface area contributed by atoms with E-state index >= 15 is 0 Å². The molecule has 0 atom stereocenters. The third-order valence-electron chi connectivity index (χ3n) is 3.97. The number of methoxy groups -OCH3 is 1. The minimum absolute atomic E-state index is 0.00791. The number of carboxylic acid groups (broad SMARTS) is 1. The minimum Gasteiger partial charge on any atom is -0.497 e. The molecule has 0 aliphatic rings. The largest absolute Gasteiger partial charge is 0.497 e. The number of anilines is 1. The Hall–Kier alpha value is -3.07. The fourth-order valence-corrected chi connectivity index (χ4v) is 3.60. The minimum atomic E-state index is -1.09. The van der Waals surface area contributed by atoms with Gasteiger partial charge in [-0.2, -0.15) is 0 Å². The predicted octanol–water partition coefficient (Wildman–Crippen LogP) is 3.98. The summed E-state index contributed by atoms with van der Waals surface area (Å²) in [5.74, 6) is -2.45. The van der Waals surface area contributed by atoms with Crippen LogP contribution in [0.4, 0.5) is 14.5 Å². The highest BCUT2D eigenvalue weighted by Crippen LogP contribution is 2.29. The van der Waals surface area contributed by atoms with Crippen LogP contribution in [-0.2, 0) is 16.1 Å². The Bertz CT molecular complexity index is 1040. The van der Waals surface area contributed by atoms with Crippen LogP contribution in [0.15, 0.2) is 36.4 Å². The summed E-state index contributed by atoms with van der Waals surface area (Å²) in [4.78, 5) is 29.1. The first-order chi connectivity index (χ1) is 13.4. The molecule has 0 saturated heterocycles. The number of rotatable bonds is 7. The molecule has 0 bridgehead atoms. The molecule has 3 aromatic rings. The van der Waals surface area contributed by atoms with Gasteiger partial charge >= 0.3 is 5.97 Å². The van der Waals surface area contributed by atoms with Crippen LogP contribution >= 0.6 is 11.3 Å². The third kappa shape index (κ3) is 4.42. The summed E-state index contributed by atoms with van der Waals surface area (Å²) >= 11 is 1.01. The normalized spacial score (nSPS) is 10.8. The molecule has 0 radical (unpaired) electrons. The average Bonchev–Trinajstić information content (AvgIpc) is 3.07. The van der Waals surface area contributed by atoms with Crippen molar-refractivity contribution in [2.45, 2.75) is 19.4 Å². The van der Waals surface area contributed by atoms with E-state index < -0.39 is 23.5 Å². The quantitative estimate of drug-likeness (QED) is 0.642. The molecule has 0 saturated carbocycles. The van der Waals surface area contributed by atoms with Crippen LogP contribution < -0.4 is 9.64 Å². The van der Waals surface area contributed by atoms with E-state index in [1.165, 1.54) is 12.0 Å². The zero-order chi connectivity index (χ0) is 20.3. The highest BCUT2D eigenvalue weighted by Gasteiger charge is 2.20. The highest BCUT2D eigenvalue weighted by molar-refractivity contribution is 7.18. The third-order valence-corrected chi connectivity index (χ3v) is 5.03. The van der Waals surface area contributed by atoms with Gasteiger partial charge in [0.25, 0.3) is 0 Å². The molecule has 1 heterocycles. The van der Waals surface area contributed by atoms with Crippen molar-refractivity contribution in [1.82, 2.24) is 4.98 Å². The maximum atomic E-state index is 14.0. The summed E-state index contributed by atoms with van der Waals surface area (Å²) in [6, 6.07) is 8.61. The van der Waals surface area contributed by atoms with Crippen molar-refractivity contribution in [3.05, 3.63) is 53.0 Å². The average molecular weight is 406 g/mol. The van der Waals surface area contributed by atoms with Crippen molar-refractivity contribution in [2.75, 3.05) is 12.0 Å². The Morgan fingerprint density at radius 3 is 2.71 bits per heavy atom. The van der Waals surface area contributed by atoms with Crippen molar-refractivity contribution < 1.29 is 28.2 Å². The lowest BCUT2D eigenvalue weighted by atomic mass is 10.2. The number of benzene rings is 2. The van der Waals surface area contributed by atoms with Gasteiger partial charge in [-0.25, -0.2) is 13.8 Å². The van der Waals surface area contributed by atoms with E-state index in [1.807, 2.05) is 0 Å². The first-order valence-corrected chi connectivity index (χ1v) is 9.09. The maximum absolute atomic E-state index is 14.0. The zero-order valence-corrected chi connectivity index (χ0v) is 15.6. The molecule has 3 rings (SSSR count). The van der Waals surface area contributed by atoms with Crippen LogP contribution in [-0.4, -0.2) is 29.1 Å². The highest BCUT2D eigenvalue weighted by atomic mass is 32.1. The lowest BCUT2D eigenvalue weighted by Gasteiger charge is -2.22. The molecule has 0 unspecified atom stereocenters. The van der Waals surface area contributed by atoms with E-state index in [1.54, 1.807) is 24.3 Å².